The Morgan fingerprint density at radius 1 is 1.70 bits per heavy atom. The minimum Gasteiger partial charge on any atom is -0.149 e. The molecule has 1 aromatic heterocycles. The highest BCUT2D eigenvalue weighted by Gasteiger charge is 2.01. The highest BCUT2D eigenvalue weighted by Crippen LogP contribution is 2.16. The standard InChI is InChI=1S/C8H11BrS/c1-2-7(9)6-8-4-3-5-10-8/h3-5,7H,2,6H2,1H3. The molecule has 1 aromatic rings. The van der Waals surface area contributed by atoms with Gasteiger partial charge in [-0.1, -0.05) is 28.9 Å². The number of thiophene rings is 1. The maximum atomic E-state index is 3.60. The summed E-state index contributed by atoms with van der Waals surface area (Å²) >= 11 is 5.44. The molecule has 0 aliphatic rings. The predicted molar refractivity (Wildman–Crippen MR) is 51.0 cm³/mol. The molecule has 0 spiro atoms. The van der Waals surface area contributed by atoms with Gasteiger partial charge in [0.15, 0.2) is 0 Å². The second kappa shape index (κ2) is 4.14. The van der Waals surface area contributed by atoms with Crippen LogP contribution in [0.5, 0.6) is 0 Å². The van der Waals surface area contributed by atoms with Gasteiger partial charge >= 0.3 is 0 Å². The Labute approximate surface area is 74.4 Å². The third-order valence-electron chi connectivity index (χ3n) is 1.45. The molecule has 0 radical (unpaired) electrons. The zero-order chi connectivity index (χ0) is 7.40. The summed E-state index contributed by atoms with van der Waals surface area (Å²) < 4.78 is 0. The molecule has 0 fully saturated rings. The van der Waals surface area contributed by atoms with E-state index in [9.17, 15) is 0 Å². The number of hydrogen-bond acceptors (Lipinski definition) is 1. The fraction of sp³-hybridized carbons (Fsp3) is 0.500. The van der Waals surface area contributed by atoms with Crippen LogP contribution in [0.2, 0.25) is 0 Å². The van der Waals surface area contributed by atoms with Crippen molar-refractivity contribution in [2.75, 3.05) is 0 Å². The molecule has 0 aliphatic carbocycles. The summed E-state index contributed by atoms with van der Waals surface area (Å²) in [6, 6.07) is 4.30. The normalized spacial score (nSPS) is 13.4. The van der Waals surface area contributed by atoms with Crippen molar-refractivity contribution in [2.45, 2.75) is 24.6 Å². The van der Waals surface area contributed by atoms with Crippen molar-refractivity contribution in [3.05, 3.63) is 22.4 Å². The van der Waals surface area contributed by atoms with Gasteiger partial charge in [-0.2, -0.15) is 0 Å². The first kappa shape index (κ1) is 8.28. The molecule has 1 heterocycles. The molecule has 0 saturated carbocycles. The SMILES string of the molecule is CCC(Br)Cc1cccs1. The second-order valence-electron chi connectivity index (χ2n) is 2.29. The molecule has 1 rings (SSSR count). The largest absolute Gasteiger partial charge is 0.149 e. The summed E-state index contributed by atoms with van der Waals surface area (Å²) in [6.45, 7) is 2.20. The summed E-state index contributed by atoms with van der Waals surface area (Å²) in [5, 5.41) is 2.13. The van der Waals surface area contributed by atoms with Crippen molar-refractivity contribution in [1.82, 2.24) is 0 Å². The predicted octanol–water partition coefficient (Wildman–Crippen LogP) is 3.46. The average molecular weight is 219 g/mol. The second-order valence-corrected chi connectivity index (χ2v) is 4.62. The third kappa shape index (κ3) is 2.43. The van der Waals surface area contributed by atoms with Gasteiger partial charge in [-0.25, -0.2) is 0 Å². The van der Waals surface area contributed by atoms with E-state index in [-0.39, 0.29) is 0 Å². The molecule has 0 N–H and O–H groups in total. The van der Waals surface area contributed by atoms with Crippen LogP contribution in [0.1, 0.15) is 18.2 Å². The maximum Gasteiger partial charge on any atom is 0.0191 e. The molecule has 2 heteroatoms. The summed E-state index contributed by atoms with van der Waals surface area (Å²) in [5.41, 5.74) is 0. The van der Waals surface area contributed by atoms with Gasteiger partial charge in [-0.3, -0.25) is 0 Å². The molecule has 0 amide bonds. The van der Waals surface area contributed by atoms with Crippen LogP contribution in [0.25, 0.3) is 0 Å². The minimum atomic E-state index is 0.658. The first-order chi connectivity index (χ1) is 4.83. The third-order valence-corrected chi connectivity index (χ3v) is 3.32. The van der Waals surface area contributed by atoms with Crippen LogP contribution in [0.3, 0.4) is 0 Å². The molecular formula is C8H11BrS. The molecule has 0 aliphatic heterocycles. The summed E-state index contributed by atoms with van der Waals surface area (Å²) in [5.74, 6) is 0. The van der Waals surface area contributed by atoms with Crippen molar-refractivity contribution in [3.63, 3.8) is 0 Å². The van der Waals surface area contributed by atoms with E-state index in [4.69, 9.17) is 0 Å². The van der Waals surface area contributed by atoms with Gasteiger partial charge < -0.3 is 0 Å². The number of rotatable bonds is 3. The molecule has 0 aromatic carbocycles. The van der Waals surface area contributed by atoms with E-state index < -0.39 is 0 Å². The number of hydrogen-bond donors (Lipinski definition) is 0. The van der Waals surface area contributed by atoms with E-state index in [0.717, 1.165) is 0 Å². The van der Waals surface area contributed by atoms with Gasteiger partial charge in [0, 0.05) is 9.70 Å². The van der Waals surface area contributed by atoms with Crippen LogP contribution in [-0.4, -0.2) is 4.83 Å². The van der Waals surface area contributed by atoms with Crippen LogP contribution in [0.15, 0.2) is 17.5 Å². The van der Waals surface area contributed by atoms with E-state index in [1.165, 1.54) is 17.7 Å². The van der Waals surface area contributed by atoms with Crippen molar-refractivity contribution in [3.8, 4) is 0 Å². The summed E-state index contributed by atoms with van der Waals surface area (Å²) in [7, 11) is 0. The monoisotopic (exact) mass is 218 g/mol. The van der Waals surface area contributed by atoms with Crippen molar-refractivity contribution in [1.29, 1.82) is 0 Å². The number of alkyl halides is 1. The fourth-order valence-corrected chi connectivity index (χ4v) is 2.14. The fourth-order valence-electron chi connectivity index (χ4n) is 0.791. The zero-order valence-corrected chi connectivity index (χ0v) is 8.41. The molecular weight excluding hydrogens is 208 g/mol. The lowest BCUT2D eigenvalue weighted by Crippen LogP contribution is -1.97. The van der Waals surface area contributed by atoms with Crippen LogP contribution in [0, 0.1) is 0 Å². The van der Waals surface area contributed by atoms with Gasteiger partial charge in [0.05, 0.1) is 0 Å². The first-order valence-corrected chi connectivity index (χ1v) is 5.29. The van der Waals surface area contributed by atoms with Crippen LogP contribution < -0.4 is 0 Å². The van der Waals surface area contributed by atoms with Gasteiger partial charge in [0.1, 0.15) is 0 Å². The molecule has 56 valence electrons. The highest BCUT2D eigenvalue weighted by atomic mass is 79.9. The smallest absolute Gasteiger partial charge is 0.0191 e. The Morgan fingerprint density at radius 3 is 3.00 bits per heavy atom. The van der Waals surface area contributed by atoms with Crippen LogP contribution >= 0.6 is 27.3 Å². The quantitative estimate of drug-likeness (QED) is 0.683. The van der Waals surface area contributed by atoms with E-state index in [1.807, 2.05) is 11.3 Å². The average Bonchev–Trinajstić information content (AvgIpc) is 2.40. The molecule has 1 unspecified atom stereocenters. The van der Waals surface area contributed by atoms with Crippen LogP contribution in [0.4, 0.5) is 0 Å². The van der Waals surface area contributed by atoms with Gasteiger partial charge in [-0.05, 0) is 24.3 Å². The van der Waals surface area contributed by atoms with Crippen molar-refractivity contribution < 1.29 is 0 Å². The van der Waals surface area contributed by atoms with Gasteiger partial charge in [-0.15, -0.1) is 11.3 Å². The molecule has 10 heavy (non-hydrogen) atoms. The van der Waals surface area contributed by atoms with E-state index in [2.05, 4.69) is 40.4 Å². The molecule has 0 saturated heterocycles. The van der Waals surface area contributed by atoms with Crippen molar-refractivity contribution >= 4 is 27.3 Å². The Bertz CT molecular complexity index is 169. The zero-order valence-electron chi connectivity index (χ0n) is 6.01. The summed E-state index contributed by atoms with van der Waals surface area (Å²) in [4.78, 5) is 2.13. The summed E-state index contributed by atoms with van der Waals surface area (Å²) in [6.07, 6.45) is 2.38. The van der Waals surface area contributed by atoms with Gasteiger partial charge in [0.2, 0.25) is 0 Å². The van der Waals surface area contributed by atoms with Crippen molar-refractivity contribution in [2.24, 2.45) is 0 Å². The lowest BCUT2D eigenvalue weighted by molar-refractivity contribution is 0.839. The topological polar surface area (TPSA) is 0 Å². The lowest BCUT2D eigenvalue weighted by atomic mass is 10.2. The minimum absolute atomic E-state index is 0.658. The number of halogens is 1. The molecule has 0 nitrogen and oxygen atoms in total. The van der Waals surface area contributed by atoms with E-state index >= 15 is 0 Å². The first-order valence-electron chi connectivity index (χ1n) is 3.49. The maximum absolute atomic E-state index is 3.60. The highest BCUT2D eigenvalue weighted by molar-refractivity contribution is 9.09. The Kier molecular flexibility index (Phi) is 3.43. The van der Waals surface area contributed by atoms with Gasteiger partial charge in [0.25, 0.3) is 0 Å². The molecule has 0 bridgehead atoms. The van der Waals surface area contributed by atoms with Crippen LogP contribution in [-0.2, 0) is 6.42 Å². The Balaban J connectivity index is 2.40. The molecule has 1 atom stereocenters. The van der Waals surface area contributed by atoms with E-state index in [0.29, 0.717) is 4.83 Å². The lowest BCUT2D eigenvalue weighted by Gasteiger charge is -2.02. The van der Waals surface area contributed by atoms with E-state index in [1.54, 1.807) is 0 Å². The Morgan fingerprint density at radius 2 is 2.50 bits per heavy atom. The Hall–Kier alpha value is 0.180.